The molecule has 20 heavy (non-hydrogen) atoms. The van der Waals surface area contributed by atoms with Gasteiger partial charge < -0.3 is 10.5 Å². The van der Waals surface area contributed by atoms with Gasteiger partial charge in [-0.05, 0) is 37.0 Å². The average Bonchev–Trinajstić information content (AvgIpc) is 2.48. The zero-order valence-corrected chi connectivity index (χ0v) is 12.5. The van der Waals surface area contributed by atoms with Crippen LogP contribution in [0, 0.1) is 0 Å². The van der Waals surface area contributed by atoms with Crippen LogP contribution < -0.4 is 5.73 Å². The summed E-state index contributed by atoms with van der Waals surface area (Å²) in [4.78, 5) is 0. The number of rotatable bonds is 5. The third-order valence-corrected chi connectivity index (χ3v) is 3.71. The normalized spacial score (nSPS) is 13.2. The lowest BCUT2D eigenvalue weighted by Crippen LogP contribution is -2.28. The van der Waals surface area contributed by atoms with Gasteiger partial charge in [0, 0.05) is 13.2 Å². The highest BCUT2D eigenvalue weighted by Crippen LogP contribution is 2.26. The van der Waals surface area contributed by atoms with Crippen LogP contribution in [0.3, 0.4) is 0 Å². The van der Waals surface area contributed by atoms with Gasteiger partial charge in [0.1, 0.15) is 0 Å². The van der Waals surface area contributed by atoms with E-state index < -0.39 is 0 Å². The molecule has 1 unspecified atom stereocenters. The van der Waals surface area contributed by atoms with E-state index in [1.54, 1.807) is 7.11 Å². The van der Waals surface area contributed by atoms with E-state index in [1.807, 2.05) is 6.07 Å². The molecule has 2 nitrogen and oxygen atoms in total. The van der Waals surface area contributed by atoms with E-state index in [4.69, 9.17) is 10.5 Å². The summed E-state index contributed by atoms with van der Waals surface area (Å²) in [6, 6.07) is 18.8. The first-order valence-electron chi connectivity index (χ1n) is 6.98. The number of nitrogens with two attached hydrogens (primary N) is 1. The lowest BCUT2D eigenvalue weighted by molar-refractivity contribution is 0.00995. The van der Waals surface area contributed by atoms with Gasteiger partial charge in [-0.25, -0.2) is 0 Å². The molecule has 0 radical (unpaired) electrons. The van der Waals surface area contributed by atoms with E-state index >= 15 is 0 Å². The van der Waals surface area contributed by atoms with Crippen LogP contribution in [0.5, 0.6) is 0 Å². The van der Waals surface area contributed by atoms with Crippen LogP contribution >= 0.6 is 0 Å². The molecule has 0 fully saturated rings. The summed E-state index contributed by atoms with van der Waals surface area (Å²) in [7, 11) is 1.73. The van der Waals surface area contributed by atoms with E-state index in [0.29, 0.717) is 0 Å². The molecule has 2 aromatic rings. The van der Waals surface area contributed by atoms with Crippen LogP contribution in [0.4, 0.5) is 0 Å². The highest BCUT2D eigenvalue weighted by Gasteiger charge is 2.21. The molecule has 0 heterocycles. The second kappa shape index (κ2) is 6.21. The molecule has 0 spiro atoms. The Hall–Kier alpha value is -1.64. The Kier molecular flexibility index (Phi) is 4.58. The summed E-state index contributed by atoms with van der Waals surface area (Å²) in [6.45, 7) is 4.12. The highest BCUT2D eigenvalue weighted by atomic mass is 16.5. The van der Waals surface area contributed by atoms with Crippen molar-refractivity contribution in [2.75, 3.05) is 7.11 Å². The summed E-state index contributed by atoms with van der Waals surface area (Å²) >= 11 is 0. The maximum Gasteiger partial charge on any atom is 0.0640 e. The first-order chi connectivity index (χ1) is 9.52. The van der Waals surface area contributed by atoms with Crippen molar-refractivity contribution in [1.29, 1.82) is 0 Å². The number of benzene rings is 2. The number of ether oxygens (including phenoxy) is 1. The molecule has 0 amide bonds. The topological polar surface area (TPSA) is 35.2 Å². The average molecular weight is 269 g/mol. The summed E-state index contributed by atoms with van der Waals surface area (Å²) in [6.07, 6.45) is 0.800. The van der Waals surface area contributed by atoms with E-state index in [0.717, 1.165) is 12.0 Å². The van der Waals surface area contributed by atoms with Crippen molar-refractivity contribution < 1.29 is 4.74 Å². The third kappa shape index (κ3) is 3.69. The van der Waals surface area contributed by atoms with Gasteiger partial charge in [-0.3, -0.25) is 0 Å². The maximum absolute atomic E-state index is 6.27. The van der Waals surface area contributed by atoms with E-state index in [2.05, 4.69) is 62.4 Å². The Bertz CT molecular complexity index is 531. The van der Waals surface area contributed by atoms with Crippen molar-refractivity contribution in [2.45, 2.75) is 31.9 Å². The maximum atomic E-state index is 6.27. The van der Waals surface area contributed by atoms with Gasteiger partial charge in [-0.2, -0.15) is 0 Å². The summed E-state index contributed by atoms with van der Waals surface area (Å²) < 4.78 is 5.44. The number of hydrogen-bond acceptors (Lipinski definition) is 2. The molecule has 0 aliphatic rings. The van der Waals surface area contributed by atoms with Gasteiger partial charge in [0.05, 0.1) is 5.60 Å². The highest BCUT2D eigenvalue weighted by molar-refractivity contribution is 5.63. The van der Waals surface area contributed by atoms with Crippen molar-refractivity contribution >= 4 is 0 Å². The van der Waals surface area contributed by atoms with Gasteiger partial charge >= 0.3 is 0 Å². The standard InChI is InChI=1S/C18H23NO/c1-18(2,20-3)13-17(19)16-11-9-15(10-12-16)14-7-5-4-6-8-14/h4-12,17H,13,19H2,1-3H3. The van der Waals surface area contributed by atoms with Gasteiger partial charge in [0.15, 0.2) is 0 Å². The lowest BCUT2D eigenvalue weighted by atomic mass is 9.93. The van der Waals surface area contributed by atoms with E-state index in [1.165, 1.54) is 11.1 Å². The second-order valence-electron chi connectivity index (χ2n) is 5.76. The number of methoxy groups -OCH3 is 1. The summed E-state index contributed by atoms with van der Waals surface area (Å²) in [5.41, 5.74) is 9.66. The Morgan fingerprint density at radius 3 is 2.05 bits per heavy atom. The predicted octanol–water partition coefficient (Wildman–Crippen LogP) is 4.17. The molecule has 0 bridgehead atoms. The first kappa shape index (κ1) is 14.8. The van der Waals surface area contributed by atoms with Crippen molar-refractivity contribution in [1.82, 2.24) is 0 Å². The monoisotopic (exact) mass is 269 g/mol. The third-order valence-electron chi connectivity index (χ3n) is 3.71. The van der Waals surface area contributed by atoms with Gasteiger partial charge in [-0.15, -0.1) is 0 Å². The summed E-state index contributed by atoms with van der Waals surface area (Å²) in [5.74, 6) is 0. The van der Waals surface area contributed by atoms with Gasteiger partial charge in [-0.1, -0.05) is 54.6 Å². The largest absolute Gasteiger partial charge is 0.379 e. The molecular formula is C18H23NO. The quantitative estimate of drug-likeness (QED) is 0.884. The zero-order valence-electron chi connectivity index (χ0n) is 12.5. The smallest absolute Gasteiger partial charge is 0.0640 e. The number of hydrogen-bond donors (Lipinski definition) is 1. The van der Waals surface area contributed by atoms with Crippen molar-refractivity contribution in [3.05, 3.63) is 60.2 Å². The Balaban J connectivity index is 2.12. The molecule has 1 atom stereocenters. The van der Waals surface area contributed by atoms with Crippen LogP contribution in [0.1, 0.15) is 31.9 Å². The van der Waals surface area contributed by atoms with Crippen LogP contribution in [0.25, 0.3) is 11.1 Å². The Labute approximate surface area is 121 Å². The summed E-state index contributed by atoms with van der Waals surface area (Å²) in [5, 5.41) is 0. The van der Waals surface area contributed by atoms with Crippen LogP contribution in [-0.4, -0.2) is 12.7 Å². The molecule has 0 aromatic heterocycles. The Morgan fingerprint density at radius 1 is 0.950 bits per heavy atom. The fraction of sp³-hybridized carbons (Fsp3) is 0.333. The van der Waals surface area contributed by atoms with E-state index in [9.17, 15) is 0 Å². The minimum atomic E-state index is -0.197. The van der Waals surface area contributed by atoms with Crippen molar-refractivity contribution in [2.24, 2.45) is 5.73 Å². The zero-order chi connectivity index (χ0) is 14.6. The molecule has 0 aliphatic heterocycles. The molecule has 106 valence electrons. The Morgan fingerprint density at radius 2 is 1.50 bits per heavy atom. The second-order valence-corrected chi connectivity index (χ2v) is 5.76. The molecule has 2 N–H and O–H groups in total. The minimum Gasteiger partial charge on any atom is -0.379 e. The fourth-order valence-corrected chi connectivity index (χ4v) is 2.28. The fourth-order valence-electron chi connectivity index (χ4n) is 2.28. The predicted molar refractivity (Wildman–Crippen MR) is 84.5 cm³/mol. The van der Waals surface area contributed by atoms with Gasteiger partial charge in [0.2, 0.25) is 0 Å². The molecule has 2 aromatic carbocycles. The van der Waals surface area contributed by atoms with Crippen molar-refractivity contribution in [3.8, 4) is 11.1 Å². The van der Waals surface area contributed by atoms with Crippen molar-refractivity contribution in [3.63, 3.8) is 0 Å². The van der Waals surface area contributed by atoms with E-state index in [-0.39, 0.29) is 11.6 Å². The molecule has 0 aliphatic carbocycles. The first-order valence-corrected chi connectivity index (χ1v) is 6.98. The van der Waals surface area contributed by atoms with Crippen LogP contribution in [0.2, 0.25) is 0 Å². The van der Waals surface area contributed by atoms with Gasteiger partial charge in [0.25, 0.3) is 0 Å². The molecule has 2 heteroatoms. The molecule has 0 saturated heterocycles. The lowest BCUT2D eigenvalue weighted by Gasteiger charge is -2.26. The molecule has 2 rings (SSSR count). The van der Waals surface area contributed by atoms with Crippen LogP contribution in [0.15, 0.2) is 54.6 Å². The minimum absolute atomic E-state index is 0.00484. The molecule has 0 saturated carbocycles. The molecular weight excluding hydrogens is 246 g/mol. The SMILES string of the molecule is COC(C)(C)CC(N)c1ccc(-c2ccccc2)cc1. The van der Waals surface area contributed by atoms with Crippen LogP contribution in [-0.2, 0) is 4.74 Å².